The van der Waals surface area contributed by atoms with Gasteiger partial charge in [0.25, 0.3) is 5.91 Å². The highest BCUT2D eigenvalue weighted by molar-refractivity contribution is 6.36. The molecule has 2 heterocycles. The maximum absolute atomic E-state index is 14.1. The zero-order valence-electron chi connectivity index (χ0n) is 25.2. The number of rotatable bonds is 13. The van der Waals surface area contributed by atoms with Gasteiger partial charge >= 0.3 is 5.97 Å². The van der Waals surface area contributed by atoms with Gasteiger partial charge in [-0.3, -0.25) is 9.59 Å². The zero-order chi connectivity index (χ0) is 31.6. The number of aryl methyl sites for hydroxylation is 1. The molecule has 0 spiro atoms. The SMILES string of the molecule is O=C(O)CCN(CCCc1ccccc1)C(=O)c1cnc(N2CCC(Cc3ccccc3)CC2)nc1Cc1c(Cl)cccc1Cl. The Labute approximate surface area is 274 Å². The molecule has 0 radical (unpaired) electrons. The summed E-state index contributed by atoms with van der Waals surface area (Å²) in [5.41, 5.74) is 4.05. The van der Waals surface area contributed by atoms with E-state index >= 15 is 0 Å². The van der Waals surface area contributed by atoms with Crippen LogP contribution in [0.1, 0.15) is 58.4 Å². The fourth-order valence-corrected chi connectivity index (χ4v) is 6.39. The first-order chi connectivity index (χ1) is 21.9. The Morgan fingerprint density at radius 3 is 2.16 bits per heavy atom. The van der Waals surface area contributed by atoms with Crippen molar-refractivity contribution in [1.29, 1.82) is 0 Å². The number of carbonyl (C=O) groups is 2. The number of nitrogens with zero attached hydrogens (tertiary/aromatic N) is 4. The maximum Gasteiger partial charge on any atom is 0.305 e. The molecule has 1 fully saturated rings. The molecule has 7 nitrogen and oxygen atoms in total. The molecule has 1 amide bonds. The van der Waals surface area contributed by atoms with Crippen molar-refractivity contribution >= 4 is 41.0 Å². The average Bonchev–Trinajstić information content (AvgIpc) is 3.05. The fourth-order valence-electron chi connectivity index (χ4n) is 5.86. The number of piperidine rings is 1. The van der Waals surface area contributed by atoms with Gasteiger partial charge < -0.3 is 14.9 Å². The molecule has 1 aliphatic heterocycles. The summed E-state index contributed by atoms with van der Waals surface area (Å²) in [6.07, 6.45) is 6.24. The van der Waals surface area contributed by atoms with E-state index in [-0.39, 0.29) is 25.3 Å². The van der Waals surface area contributed by atoms with Crippen molar-refractivity contribution in [2.24, 2.45) is 5.92 Å². The van der Waals surface area contributed by atoms with Gasteiger partial charge in [-0.15, -0.1) is 0 Å². The van der Waals surface area contributed by atoms with E-state index in [1.165, 1.54) is 5.56 Å². The Kier molecular flexibility index (Phi) is 11.4. The Balaban J connectivity index is 1.37. The van der Waals surface area contributed by atoms with Crippen LogP contribution in [0.3, 0.4) is 0 Å². The number of carboxylic acids is 1. The third-order valence-electron chi connectivity index (χ3n) is 8.37. The second-order valence-electron chi connectivity index (χ2n) is 11.6. The molecule has 45 heavy (non-hydrogen) atoms. The lowest BCUT2D eigenvalue weighted by Gasteiger charge is -2.32. The molecule has 1 aromatic heterocycles. The van der Waals surface area contributed by atoms with Gasteiger partial charge in [0.2, 0.25) is 5.95 Å². The van der Waals surface area contributed by atoms with Gasteiger partial charge in [-0.1, -0.05) is 89.9 Å². The number of hydrogen-bond donors (Lipinski definition) is 1. The smallest absolute Gasteiger partial charge is 0.305 e. The lowest BCUT2D eigenvalue weighted by Crippen LogP contribution is -2.37. The van der Waals surface area contributed by atoms with E-state index in [9.17, 15) is 14.7 Å². The molecule has 0 saturated carbocycles. The summed E-state index contributed by atoms with van der Waals surface area (Å²) in [7, 11) is 0. The van der Waals surface area contributed by atoms with E-state index in [4.69, 9.17) is 28.2 Å². The summed E-state index contributed by atoms with van der Waals surface area (Å²) in [4.78, 5) is 38.9. The lowest BCUT2D eigenvalue weighted by molar-refractivity contribution is -0.137. The summed E-state index contributed by atoms with van der Waals surface area (Å²) in [5.74, 6) is -0.0922. The second kappa shape index (κ2) is 15.9. The molecule has 9 heteroatoms. The van der Waals surface area contributed by atoms with Gasteiger partial charge in [-0.25, -0.2) is 9.97 Å². The minimum absolute atomic E-state index is 0.0892. The molecule has 0 unspecified atom stereocenters. The highest BCUT2D eigenvalue weighted by Crippen LogP contribution is 2.29. The van der Waals surface area contributed by atoms with E-state index in [2.05, 4.69) is 34.1 Å². The third-order valence-corrected chi connectivity index (χ3v) is 9.08. The molecular formula is C36H38Cl2N4O3. The standard InChI is InChI=1S/C36H38Cl2N4O3/c37-31-14-7-15-32(38)29(31)24-33-30(35(45)41(22-18-34(43)44)19-8-13-26-9-3-1-4-10-26)25-39-36(40-33)42-20-16-28(17-21-42)23-27-11-5-2-6-12-27/h1-7,9-12,14-15,25,28H,8,13,16-24H2,(H,43,44). The first kappa shape index (κ1) is 32.5. The summed E-state index contributed by atoms with van der Waals surface area (Å²) < 4.78 is 0. The van der Waals surface area contributed by atoms with Crippen LogP contribution in [0.15, 0.2) is 85.1 Å². The number of benzene rings is 3. The van der Waals surface area contributed by atoms with Gasteiger partial charge in [0.1, 0.15) is 0 Å². The monoisotopic (exact) mass is 644 g/mol. The first-order valence-electron chi connectivity index (χ1n) is 15.5. The summed E-state index contributed by atoms with van der Waals surface area (Å²) in [6.45, 7) is 2.14. The van der Waals surface area contributed by atoms with Crippen LogP contribution in [-0.2, 0) is 24.1 Å². The zero-order valence-corrected chi connectivity index (χ0v) is 26.8. The number of carboxylic acid groups (broad SMARTS) is 1. The van der Waals surface area contributed by atoms with Gasteiger partial charge in [-0.05, 0) is 66.8 Å². The van der Waals surface area contributed by atoms with E-state index < -0.39 is 5.97 Å². The van der Waals surface area contributed by atoms with Crippen LogP contribution in [0.2, 0.25) is 10.0 Å². The van der Waals surface area contributed by atoms with Crippen molar-refractivity contribution in [1.82, 2.24) is 14.9 Å². The van der Waals surface area contributed by atoms with Crippen LogP contribution in [0.5, 0.6) is 0 Å². The molecule has 0 bridgehead atoms. The molecule has 1 saturated heterocycles. The normalized spacial score (nSPS) is 13.5. The molecule has 4 aromatic rings. The van der Waals surface area contributed by atoms with E-state index in [0.717, 1.165) is 44.3 Å². The second-order valence-corrected chi connectivity index (χ2v) is 12.4. The number of anilines is 1. The largest absolute Gasteiger partial charge is 0.481 e. The van der Waals surface area contributed by atoms with Crippen LogP contribution < -0.4 is 4.90 Å². The Morgan fingerprint density at radius 2 is 1.51 bits per heavy atom. The molecule has 3 aromatic carbocycles. The van der Waals surface area contributed by atoms with E-state index in [1.54, 1.807) is 29.3 Å². The summed E-state index contributed by atoms with van der Waals surface area (Å²) in [5, 5.41) is 10.4. The Hall–Kier alpha value is -3.94. The van der Waals surface area contributed by atoms with E-state index in [1.807, 2.05) is 36.4 Å². The predicted molar refractivity (Wildman–Crippen MR) is 179 cm³/mol. The molecule has 234 valence electrons. The predicted octanol–water partition coefficient (Wildman–Crippen LogP) is 7.38. The van der Waals surface area contributed by atoms with Crippen LogP contribution in [-0.4, -0.2) is 58.0 Å². The van der Waals surface area contributed by atoms with Crippen molar-refractivity contribution in [2.75, 3.05) is 31.1 Å². The van der Waals surface area contributed by atoms with Crippen LogP contribution in [0.4, 0.5) is 5.95 Å². The number of carbonyl (C=O) groups excluding carboxylic acids is 1. The van der Waals surface area contributed by atoms with Crippen LogP contribution in [0.25, 0.3) is 0 Å². The molecule has 1 N–H and O–H groups in total. The minimum Gasteiger partial charge on any atom is -0.481 e. The Morgan fingerprint density at radius 1 is 0.867 bits per heavy atom. The minimum atomic E-state index is -0.957. The Bertz CT molecular complexity index is 1560. The van der Waals surface area contributed by atoms with Crippen molar-refractivity contribution in [3.63, 3.8) is 0 Å². The number of aliphatic carboxylic acids is 1. The highest BCUT2D eigenvalue weighted by atomic mass is 35.5. The summed E-state index contributed by atoms with van der Waals surface area (Å²) in [6, 6.07) is 25.9. The van der Waals surface area contributed by atoms with Crippen molar-refractivity contribution in [3.8, 4) is 0 Å². The summed E-state index contributed by atoms with van der Waals surface area (Å²) >= 11 is 13.1. The van der Waals surface area contributed by atoms with Crippen molar-refractivity contribution < 1.29 is 14.7 Å². The molecular weight excluding hydrogens is 607 g/mol. The number of amides is 1. The topological polar surface area (TPSA) is 86.6 Å². The van der Waals surface area contributed by atoms with Crippen LogP contribution >= 0.6 is 23.2 Å². The van der Waals surface area contributed by atoms with Gasteiger partial charge in [-0.2, -0.15) is 0 Å². The maximum atomic E-state index is 14.1. The molecule has 0 atom stereocenters. The lowest BCUT2D eigenvalue weighted by atomic mass is 9.90. The molecule has 1 aliphatic rings. The van der Waals surface area contributed by atoms with Gasteiger partial charge in [0.05, 0.1) is 17.7 Å². The van der Waals surface area contributed by atoms with Crippen molar-refractivity contribution in [3.05, 3.63) is 123 Å². The first-order valence-corrected chi connectivity index (χ1v) is 16.3. The number of hydrogen-bond acceptors (Lipinski definition) is 5. The number of halogens is 2. The fraction of sp³-hybridized carbons (Fsp3) is 0.333. The average molecular weight is 646 g/mol. The van der Waals surface area contributed by atoms with E-state index in [0.29, 0.717) is 51.7 Å². The third kappa shape index (κ3) is 9.05. The highest BCUT2D eigenvalue weighted by Gasteiger charge is 2.26. The molecule has 0 aliphatic carbocycles. The van der Waals surface area contributed by atoms with Gasteiger partial charge in [0.15, 0.2) is 0 Å². The number of aromatic nitrogens is 2. The van der Waals surface area contributed by atoms with Crippen LogP contribution in [0, 0.1) is 5.92 Å². The quantitative estimate of drug-likeness (QED) is 0.163. The van der Waals surface area contributed by atoms with Gasteiger partial charge in [0, 0.05) is 48.8 Å². The molecule has 5 rings (SSSR count). The van der Waals surface area contributed by atoms with Crippen molar-refractivity contribution in [2.45, 2.75) is 44.9 Å².